The highest BCUT2D eigenvalue weighted by molar-refractivity contribution is 6.30. The van der Waals surface area contributed by atoms with Crippen LogP contribution >= 0.6 is 11.6 Å². The second kappa shape index (κ2) is 6.06. The fraction of sp³-hybridized carbons (Fsp3) is 0.105. The van der Waals surface area contributed by atoms with Crippen molar-refractivity contribution < 1.29 is 9.21 Å². The van der Waals surface area contributed by atoms with Crippen LogP contribution in [0.3, 0.4) is 0 Å². The molecule has 4 rings (SSSR count). The van der Waals surface area contributed by atoms with E-state index in [1.807, 2.05) is 60.7 Å². The van der Waals surface area contributed by atoms with Gasteiger partial charge in [0.15, 0.2) is 0 Å². The van der Waals surface area contributed by atoms with Crippen molar-refractivity contribution in [1.82, 2.24) is 4.90 Å². The number of hydrogen-bond acceptors (Lipinski definition) is 3. The van der Waals surface area contributed by atoms with Crippen molar-refractivity contribution in [3.05, 3.63) is 88.8 Å². The summed E-state index contributed by atoms with van der Waals surface area (Å²) < 4.78 is 5.43. The van der Waals surface area contributed by atoms with E-state index in [2.05, 4.69) is 5.32 Å². The maximum atomic E-state index is 13.0. The molecule has 0 bridgehead atoms. The van der Waals surface area contributed by atoms with Crippen molar-refractivity contribution in [2.45, 2.75) is 12.7 Å². The second-order valence-corrected chi connectivity index (χ2v) is 6.10. The third-order valence-electron chi connectivity index (χ3n) is 4.09. The Kier molecular flexibility index (Phi) is 3.75. The summed E-state index contributed by atoms with van der Waals surface area (Å²) in [5, 5.41) is 4.08. The zero-order chi connectivity index (χ0) is 16.5. The van der Waals surface area contributed by atoms with E-state index in [-0.39, 0.29) is 12.1 Å². The smallest absolute Gasteiger partial charge is 0.258 e. The van der Waals surface area contributed by atoms with Crippen molar-refractivity contribution in [1.29, 1.82) is 0 Å². The topological polar surface area (TPSA) is 45.5 Å². The first-order valence-electron chi connectivity index (χ1n) is 7.67. The SMILES string of the molecule is O=C1c2ccccc2N[C@H](c2cccc(Cl)c2)N1Cc1ccco1. The van der Waals surface area contributed by atoms with Crippen molar-refractivity contribution in [3.63, 3.8) is 0 Å². The molecule has 3 aromatic rings. The van der Waals surface area contributed by atoms with Gasteiger partial charge >= 0.3 is 0 Å². The third kappa shape index (κ3) is 2.65. The monoisotopic (exact) mass is 338 g/mol. The van der Waals surface area contributed by atoms with Gasteiger partial charge in [-0.05, 0) is 42.0 Å². The fourth-order valence-corrected chi connectivity index (χ4v) is 3.16. The number of anilines is 1. The van der Waals surface area contributed by atoms with Gasteiger partial charge in [0.05, 0.1) is 18.4 Å². The summed E-state index contributed by atoms with van der Waals surface area (Å²) >= 11 is 6.14. The van der Waals surface area contributed by atoms with Gasteiger partial charge in [0.25, 0.3) is 5.91 Å². The number of rotatable bonds is 3. The minimum atomic E-state index is -0.309. The highest BCUT2D eigenvalue weighted by Gasteiger charge is 2.33. The minimum Gasteiger partial charge on any atom is -0.467 e. The molecule has 2 heterocycles. The highest BCUT2D eigenvalue weighted by atomic mass is 35.5. The number of nitrogens with zero attached hydrogens (tertiary/aromatic N) is 1. The summed E-state index contributed by atoms with van der Waals surface area (Å²) in [4.78, 5) is 14.8. The average molecular weight is 339 g/mol. The Morgan fingerprint density at radius 3 is 2.75 bits per heavy atom. The predicted molar refractivity (Wildman–Crippen MR) is 92.8 cm³/mol. The number of nitrogens with one attached hydrogen (secondary N) is 1. The lowest BCUT2D eigenvalue weighted by Crippen LogP contribution is -2.42. The molecule has 24 heavy (non-hydrogen) atoms. The number of furan rings is 1. The van der Waals surface area contributed by atoms with Gasteiger partial charge in [-0.25, -0.2) is 0 Å². The van der Waals surface area contributed by atoms with E-state index in [4.69, 9.17) is 16.0 Å². The molecule has 5 heteroatoms. The molecule has 1 aliphatic rings. The Hall–Kier alpha value is -2.72. The summed E-state index contributed by atoms with van der Waals surface area (Å²) in [7, 11) is 0. The molecule has 0 radical (unpaired) electrons. The normalized spacial score (nSPS) is 16.6. The van der Waals surface area contributed by atoms with Gasteiger partial charge in [0.2, 0.25) is 0 Å². The molecule has 2 aromatic carbocycles. The number of carbonyl (C=O) groups excluding carboxylic acids is 1. The minimum absolute atomic E-state index is 0.0364. The quantitative estimate of drug-likeness (QED) is 0.753. The number of fused-ring (bicyclic) bond motifs is 1. The lowest BCUT2D eigenvalue weighted by Gasteiger charge is -2.37. The molecule has 0 aliphatic carbocycles. The molecule has 0 spiro atoms. The van der Waals surface area contributed by atoms with E-state index in [1.165, 1.54) is 0 Å². The Labute approximate surface area is 144 Å². The Balaban J connectivity index is 1.78. The van der Waals surface area contributed by atoms with E-state index in [9.17, 15) is 4.79 Å². The van der Waals surface area contributed by atoms with E-state index in [0.29, 0.717) is 17.1 Å². The van der Waals surface area contributed by atoms with Crippen LogP contribution in [0.1, 0.15) is 27.8 Å². The van der Waals surface area contributed by atoms with E-state index in [0.717, 1.165) is 17.0 Å². The van der Waals surface area contributed by atoms with Crippen LogP contribution in [0, 0.1) is 0 Å². The molecule has 1 N–H and O–H groups in total. The molecular weight excluding hydrogens is 324 g/mol. The standard InChI is InChI=1S/C19H15ClN2O2/c20-14-6-3-5-13(11-14)18-21-17-9-2-1-8-16(17)19(23)22(18)12-15-7-4-10-24-15/h1-11,18,21H,12H2/t18-/m0/s1. The molecule has 1 aromatic heterocycles. The number of benzene rings is 2. The predicted octanol–water partition coefficient (Wildman–Crippen LogP) is 4.70. The van der Waals surface area contributed by atoms with Crippen LogP contribution in [0.5, 0.6) is 0 Å². The van der Waals surface area contributed by atoms with Gasteiger partial charge in [-0.3, -0.25) is 4.79 Å². The van der Waals surface area contributed by atoms with Crippen LogP contribution in [0.2, 0.25) is 5.02 Å². The van der Waals surface area contributed by atoms with Crippen LogP contribution in [0.4, 0.5) is 5.69 Å². The summed E-state index contributed by atoms with van der Waals surface area (Å²) in [5.41, 5.74) is 2.41. The molecule has 0 saturated carbocycles. The van der Waals surface area contributed by atoms with E-state index in [1.54, 1.807) is 11.2 Å². The first-order chi connectivity index (χ1) is 11.7. The number of carbonyl (C=O) groups is 1. The van der Waals surface area contributed by atoms with Crippen LogP contribution in [-0.2, 0) is 6.54 Å². The molecule has 120 valence electrons. The molecule has 1 aliphatic heterocycles. The molecule has 4 nitrogen and oxygen atoms in total. The summed E-state index contributed by atoms with van der Waals surface area (Å²) in [6, 6.07) is 18.7. The van der Waals surface area contributed by atoms with Crippen LogP contribution < -0.4 is 5.32 Å². The molecule has 0 unspecified atom stereocenters. The summed E-state index contributed by atoms with van der Waals surface area (Å²) in [6.45, 7) is 0.379. The van der Waals surface area contributed by atoms with Gasteiger partial charge < -0.3 is 14.6 Å². The maximum absolute atomic E-state index is 13.0. The largest absolute Gasteiger partial charge is 0.467 e. The summed E-state index contributed by atoms with van der Waals surface area (Å²) in [6.07, 6.45) is 1.30. The maximum Gasteiger partial charge on any atom is 0.258 e. The molecule has 0 saturated heterocycles. The molecular formula is C19H15ClN2O2. The number of para-hydroxylation sites is 1. The fourth-order valence-electron chi connectivity index (χ4n) is 2.97. The molecule has 1 atom stereocenters. The van der Waals surface area contributed by atoms with E-state index < -0.39 is 0 Å². The van der Waals surface area contributed by atoms with Crippen molar-refractivity contribution >= 4 is 23.2 Å². The van der Waals surface area contributed by atoms with E-state index >= 15 is 0 Å². The second-order valence-electron chi connectivity index (χ2n) is 5.66. The first-order valence-corrected chi connectivity index (χ1v) is 8.04. The average Bonchev–Trinajstić information content (AvgIpc) is 3.10. The van der Waals surface area contributed by atoms with Crippen LogP contribution in [-0.4, -0.2) is 10.8 Å². The lowest BCUT2D eigenvalue weighted by atomic mass is 10.0. The Morgan fingerprint density at radius 2 is 1.96 bits per heavy atom. The molecule has 1 amide bonds. The Bertz CT molecular complexity index is 877. The van der Waals surface area contributed by atoms with Gasteiger partial charge in [0.1, 0.15) is 11.9 Å². The third-order valence-corrected chi connectivity index (χ3v) is 4.33. The van der Waals surface area contributed by atoms with Crippen molar-refractivity contribution in [3.8, 4) is 0 Å². The van der Waals surface area contributed by atoms with Gasteiger partial charge in [-0.2, -0.15) is 0 Å². The first kappa shape index (κ1) is 14.8. The molecule has 0 fully saturated rings. The lowest BCUT2D eigenvalue weighted by molar-refractivity contribution is 0.0651. The van der Waals surface area contributed by atoms with Gasteiger partial charge in [-0.15, -0.1) is 0 Å². The number of hydrogen-bond donors (Lipinski definition) is 1. The summed E-state index contributed by atoms with van der Waals surface area (Å²) in [5.74, 6) is 0.697. The Morgan fingerprint density at radius 1 is 1.08 bits per heavy atom. The van der Waals surface area contributed by atoms with Gasteiger partial charge in [0, 0.05) is 10.7 Å². The number of halogens is 1. The number of amides is 1. The van der Waals surface area contributed by atoms with Crippen LogP contribution in [0.25, 0.3) is 0 Å². The van der Waals surface area contributed by atoms with Crippen molar-refractivity contribution in [2.75, 3.05) is 5.32 Å². The van der Waals surface area contributed by atoms with Gasteiger partial charge in [-0.1, -0.05) is 35.9 Å². The zero-order valence-corrected chi connectivity index (χ0v) is 13.5. The zero-order valence-electron chi connectivity index (χ0n) is 12.8. The van der Waals surface area contributed by atoms with Crippen LogP contribution in [0.15, 0.2) is 71.3 Å². The highest BCUT2D eigenvalue weighted by Crippen LogP contribution is 2.34. The van der Waals surface area contributed by atoms with Crippen molar-refractivity contribution in [2.24, 2.45) is 0 Å².